The highest BCUT2D eigenvalue weighted by molar-refractivity contribution is 5.33. The minimum absolute atomic E-state index is 0.226. The van der Waals surface area contributed by atoms with Crippen molar-refractivity contribution in [2.75, 3.05) is 0 Å². The highest BCUT2D eigenvalue weighted by Crippen LogP contribution is 2.36. The topological polar surface area (TPSA) is 29.4 Å². The van der Waals surface area contributed by atoms with Crippen molar-refractivity contribution in [3.8, 4) is 0 Å². The van der Waals surface area contributed by atoms with Crippen molar-refractivity contribution in [3.63, 3.8) is 0 Å². The maximum atomic E-state index is 10.3. The highest BCUT2D eigenvalue weighted by atomic mass is 16.1. The molecule has 2 nitrogen and oxygen atoms in total. The van der Waals surface area contributed by atoms with E-state index < -0.39 is 0 Å². The molecule has 86 valence electrons. The predicted octanol–water partition coefficient (Wildman–Crippen LogP) is 3.56. The van der Waals surface area contributed by atoms with E-state index >= 15 is 0 Å². The summed E-state index contributed by atoms with van der Waals surface area (Å²) in [6.07, 6.45) is 7.87. The van der Waals surface area contributed by atoms with Gasteiger partial charge in [0.2, 0.25) is 6.08 Å². The number of rotatable bonds is 4. The van der Waals surface area contributed by atoms with Crippen LogP contribution in [0.15, 0.2) is 4.99 Å². The van der Waals surface area contributed by atoms with Gasteiger partial charge < -0.3 is 0 Å². The van der Waals surface area contributed by atoms with Gasteiger partial charge in [-0.1, -0.05) is 33.6 Å². The third-order valence-electron chi connectivity index (χ3n) is 3.88. The van der Waals surface area contributed by atoms with Gasteiger partial charge in [0.1, 0.15) is 0 Å². The van der Waals surface area contributed by atoms with Crippen LogP contribution in [0.3, 0.4) is 0 Å². The van der Waals surface area contributed by atoms with Gasteiger partial charge >= 0.3 is 0 Å². The van der Waals surface area contributed by atoms with Gasteiger partial charge in [-0.05, 0) is 37.0 Å². The van der Waals surface area contributed by atoms with Crippen LogP contribution in [0.5, 0.6) is 0 Å². The highest BCUT2D eigenvalue weighted by Gasteiger charge is 2.28. The smallest absolute Gasteiger partial charge is 0.211 e. The van der Waals surface area contributed by atoms with Crippen molar-refractivity contribution in [3.05, 3.63) is 0 Å². The van der Waals surface area contributed by atoms with Gasteiger partial charge in [0.15, 0.2) is 0 Å². The number of aliphatic imine (C=N–C) groups is 1. The quantitative estimate of drug-likeness (QED) is 0.514. The number of nitrogens with zero attached hydrogens (tertiary/aromatic N) is 1. The van der Waals surface area contributed by atoms with E-state index in [1.54, 1.807) is 6.08 Å². The predicted molar refractivity (Wildman–Crippen MR) is 62.5 cm³/mol. The van der Waals surface area contributed by atoms with Crippen molar-refractivity contribution in [2.24, 2.45) is 22.7 Å². The average molecular weight is 209 g/mol. The summed E-state index contributed by atoms with van der Waals surface area (Å²) in [7, 11) is 0. The van der Waals surface area contributed by atoms with Gasteiger partial charge in [-0.25, -0.2) is 9.79 Å². The van der Waals surface area contributed by atoms with Crippen LogP contribution in [0.25, 0.3) is 0 Å². The molecule has 1 fully saturated rings. The van der Waals surface area contributed by atoms with Crippen LogP contribution in [-0.4, -0.2) is 12.1 Å². The van der Waals surface area contributed by atoms with Crippen LogP contribution in [0.4, 0.5) is 0 Å². The van der Waals surface area contributed by atoms with E-state index in [1.165, 1.54) is 25.7 Å². The first-order chi connectivity index (χ1) is 7.19. The van der Waals surface area contributed by atoms with Gasteiger partial charge in [0.25, 0.3) is 0 Å². The van der Waals surface area contributed by atoms with E-state index in [1.807, 2.05) is 0 Å². The van der Waals surface area contributed by atoms with Crippen LogP contribution < -0.4 is 0 Å². The standard InChI is InChI=1S/C13H23NO/c1-4-13(14-9-15)12-7-5-6-11(8-12)10(2)3/h10-13H,4-8H2,1-3H3. The fourth-order valence-electron chi connectivity index (χ4n) is 2.82. The van der Waals surface area contributed by atoms with E-state index in [-0.39, 0.29) is 6.04 Å². The Kier molecular flexibility index (Phi) is 5.04. The zero-order valence-electron chi connectivity index (χ0n) is 10.2. The minimum atomic E-state index is 0.226. The van der Waals surface area contributed by atoms with E-state index in [4.69, 9.17) is 0 Å². The molecule has 1 aliphatic rings. The van der Waals surface area contributed by atoms with Gasteiger partial charge in [-0.15, -0.1) is 0 Å². The third-order valence-corrected chi connectivity index (χ3v) is 3.88. The summed E-state index contributed by atoms with van der Waals surface area (Å²) in [5, 5.41) is 0. The molecule has 0 saturated heterocycles. The first-order valence-corrected chi connectivity index (χ1v) is 6.26. The van der Waals surface area contributed by atoms with E-state index in [9.17, 15) is 4.79 Å². The lowest BCUT2D eigenvalue weighted by Crippen LogP contribution is -2.27. The lowest BCUT2D eigenvalue weighted by atomic mass is 9.73. The van der Waals surface area contributed by atoms with Gasteiger partial charge in [0, 0.05) is 0 Å². The van der Waals surface area contributed by atoms with Crippen molar-refractivity contribution in [1.82, 2.24) is 0 Å². The second kappa shape index (κ2) is 6.07. The molecular formula is C13H23NO. The summed E-state index contributed by atoms with van der Waals surface area (Å²) in [6, 6.07) is 0.226. The Bertz CT molecular complexity index is 231. The molecule has 1 saturated carbocycles. The average Bonchev–Trinajstić information content (AvgIpc) is 2.26. The molecule has 3 unspecified atom stereocenters. The Labute approximate surface area is 93.2 Å². The van der Waals surface area contributed by atoms with Crippen LogP contribution >= 0.6 is 0 Å². The van der Waals surface area contributed by atoms with Gasteiger partial charge in [-0.2, -0.15) is 0 Å². The lowest BCUT2D eigenvalue weighted by Gasteiger charge is -2.33. The summed E-state index contributed by atoms with van der Waals surface area (Å²) >= 11 is 0. The zero-order chi connectivity index (χ0) is 11.3. The minimum Gasteiger partial charge on any atom is -0.211 e. The molecule has 1 aliphatic carbocycles. The van der Waals surface area contributed by atoms with Crippen molar-refractivity contribution < 1.29 is 4.79 Å². The Morgan fingerprint density at radius 3 is 2.53 bits per heavy atom. The van der Waals surface area contributed by atoms with Crippen molar-refractivity contribution >= 4 is 6.08 Å². The van der Waals surface area contributed by atoms with Gasteiger partial charge in [-0.3, -0.25) is 0 Å². The molecule has 15 heavy (non-hydrogen) atoms. The molecule has 1 rings (SSSR count). The van der Waals surface area contributed by atoms with Crippen LogP contribution in [0, 0.1) is 17.8 Å². The number of isocyanates is 1. The van der Waals surface area contributed by atoms with E-state index in [0.717, 1.165) is 18.3 Å². The van der Waals surface area contributed by atoms with E-state index in [0.29, 0.717) is 5.92 Å². The maximum absolute atomic E-state index is 10.3. The Balaban J connectivity index is 2.57. The van der Waals surface area contributed by atoms with E-state index in [2.05, 4.69) is 25.8 Å². The normalized spacial score (nSPS) is 28.5. The van der Waals surface area contributed by atoms with Crippen LogP contribution in [0.1, 0.15) is 52.9 Å². The first-order valence-electron chi connectivity index (χ1n) is 6.26. The molecule has 0 spiro atoms. The molecule has 0 N–H and O–H groups in total. The summed E-state index contributed by atoms with van der Waals surface area (Å²) in [6.45, 7) is 6.72. The molecule has 2 heteroatoms. The molecule has 0 aromatic rings. The monoisotopic (exact) mass is 209 g/mol. The molecule has 0 aromatic carbocycles. The molecular weight excluding hydrogens is 186 g/mol. The molecule has 0 aromatic heterocycles. The maximum Gasteiger partial charge on any atom is 0.235 e. The molecule has 0 amide bonds. The molecule has 3 atom stereocenters. The lowest BCUT2D eigenvalue weighted by molar-refractivity contribution is 0.191. The summed E-state index contributed by atoms with van der Waals surface area (Å²) < 4.78 is 0. The van der Waals surface area contributed by atoms with Crippen LogP contribution in [-0.2, 0) is 4.79 Å². The zero-order valence-corrected chi connectivity index (χ0v) is 10.2. The third kappa shape index (κ3) is 3.46. The number of hydrogen-bond donors (Lipinski definition) is 0. The van der Waals surface area contributed by atoms with Crippen molar-refractivity contribution in [2.45, 2.75) is 58.9 Å². The summed E-state index contributed by atoms with van der Waals surface area (Å²) in [4.78, 5) is 14.3. The Morgan fingerprint density at radius 1 is 1.33 bits per heavy atom. The largest absolute Gasteiger partial charge is 0.235 e. The number of hydrogen-bond acceptors (Lipinski definition) is 2. The molecule has 0 aliphatic heterocycles. The summed E-state index contributed by atoms with van der Waals surface area (Å²) in [5.74, 6) is 2.22. The summed E-state index contributed by atoms with van der Waals surface area (Å²) in [5.41, 5.74) is 0. The molecule has 0 radical (unpaired) electrons. The Morgan fingerprint density at radius 2 is 2.00 bits per heavy atom. The fourth-order valence-corrected chi connectivity index (χ4v) is 2.82. The molecule has 0 heterocycles. The SMILES string of the molecule is CCC(N=C=O)C1CCCC(C(C)C)C1. The van der Waals surface area contributed by atoms with Crippen molar-refractivity contribution in [1.29, 1.82) is 0 Å². The number of carbonyl (C=O) groups excluding carboxylic acids is 1. The second-order valence-corrected chi connectivity index (χ2v) is 5.13. The van der Waals surface area contributed by atoms with Crippen LogP contribution in [0.2, 0.25) is 0 Å². The molecule has 0 bridgehead atoms. The first kappa shape index (κ1) is 12.4. The second-order valence-electron chi connectivity index (χ2n) is 5.13. The fraction of sp³-hybridized carbons (Fsp3) is 0.923. The van der Waals surface area contributed by atoms with Gasteiger partial charge in [0.05, 0.1) is 6.04 Å². The Hall–Kier alpha value is -0.620.